The van der Waals surface area contributed by atoms with Crippen LogP contribution in [0, 0.1) is 11.8 Å². The zero-order chi connectivity index (χ0) is 16.9. The predicted molar refractivity (Wildman–Crippen MR) is 96.0 cm³/mol. The third kappa shape index (κ3) is 4.71. The maximum absolute atomic E-state index is 12.4. The summed E-state index contributed by atoms with van der Waals surface area (Å²) in [5.74, 6) is 0.948. The van der Waals surface area contributed by atoms with Crippen molar-refractivity contribution >= 4 is 17.5 Å². The second kappa shape index (κ2) is 8.32. The fourth-order valence-corrected chi connectivity index (χ4v) is 3.95. The Morgan fingerprint density at radius 2 is 2.12 bits per heavy atom. The zero-order valence-corrected chi connectivity index (χ0v) is 15.2. The lowest BCUT2D eigenvalue weighted by molar-refractivity contribution is -0.134. The number of hydrogen-bond donors (Lipinski definition) is 0. The Bertz CT molecular complexity index is 552. The Balaban J connectivity index is 1.42. The van der Waals surface area contributed by atoms with E-state index >= 15 is 0 Å². The summed E-state index contributed by atoms with van der Waals surface area (Å²) < 4.78 is 5.33. The lowest BCUT2D eigenvalue weighted by Gasteiger charge is -2.34. The molecule has 1 amide bonds. The van der Waals surface area contributed by atoms with Gasteiger partial charge in [-0.25, -0.2) is 0 Å². The van der Waals surface area contributed by atoms with Crippen LogP contribution < -0.4 is 0 Å². The number of piperidine rings is 1. The first kappa shape index (κ1) is 17.7. The van der Waals surface area contributed by atoms with E-state index in [4.69, 9.17) is 16.3 Å². The molecule has 0 saturated carbocycles. The molecule has 0 bridgehead atoms. The van der Waals surface area contributed by atoms with Crippen molar-refractivity contribution in [2.45, 2.75) is 25.8 Å². The fourth-order valence-electron chi connectivity index (χ4n) is 3.74. The number of rotatable bonds is 5. The second-order valence-corrected chi connectivity index (χ2v) is 7.57. The molecule has 2 aliphatic rings. The van der Waals surface area contributed by atoms with Crippen LogP contribution in [-0.2, 0) is 16.1 Å². The molecule has 2 heterocycles. The summed E-state index contributed by atoms with van der Waals surface area (Å²) in [5.41, 5.74) is 1.27. The minimum Gasteiger partial charge on any atom is -0.381 e. The molecule has 24 heavy (non-hydrogen) atoms. The first-order valence-electron chi connectivity index (χ1n) is 8.91. The summed E-state index contributed by atoms with van der Waals surface area (Å²) in [7, 11) is 1.94. The van der Waals surface area contributed by atoms with Gasteiger partial charge in [-0.15, -0.1) is 0 Å². The summed E-state index contributed by atoms with van der Waals surface area (Å²) in [6.07, 6.45) is 3.18. The highest BCUT2D eigenvalue weighted by Gasteiger charge is 2.28. The van der Waals surface area contributed by atoms with Crippen LogP contribution in [0.15, 0.2) is 24.3 Å². The van der Waals surface area contributed by atoms with Gasteiger partial charge in [-0.05, 0) is 56.0 Å². The van der Waals surface area contributed by atoms with Crippen molar-refractivity contribution in [1.29, 1.82) is 0 Å². The molecule has 132 valence electrons. The average molecular weight is 351 g/mol. The Labute approximate surface area is 149 Å². The minimum absolute atomic E-state index is 0.0814. The summed E-state index contributed by atoms with van der Waals surface area (Å²) in [5, 5.41) is 0.804. The fraction of sp³-hybridized carbons (Fsp3) is 0.632. The van der Waals surface area contributed by atoms with Gasteiger partial charge in [-0.2, -0.15) is 0 Å². The van der Waals surface area contributed by atoms with Crippen molar-refractivity contribution in [2.75, 3.05) is 39.9 Å². The molecular weight excluding hydrogens is 324 g/mol. The smallest absolute Gasteiger partial charge is 0.227 e. The van der Waals surface area contributed by atoms with Crippen LogP contribution in [0.4, 0.5) is 0 Å². The minimum atomic E-state index is 0.0814. The van der Waals surface area contributed by atoms with Gasteiger partial charge in [0.15, 0.2) is 0 Å². The normalized spacial score (nSPS) is 22.7. The Morgan fingerprint density at radius 1 is 1.33 bits per heavy atom. The van der Waals surface area contributed by atoms with E-state index in [1.54, 1.807) is 0 Å². The Kier molecular flexibility index (Phi) is 6.14. The van der Waals surface area contributed by atoms with E-state index in [9.17, 15) is 4.79 Å². The number of carbonyl (C=O) groups is 1. The van der Waals surface area contributed by atoms with Crippen LogP contribution in [0.2, 0.25) is 5.02 Å². The van der Waals surface area contributed by atoms with E-state index < -0.39 is 0 Å². The molecule has 0 aromatic heterocycles. The summed E-state index contributed by atoms with van der Waals surface area (Å²) in [4.78, 5) is 16.8. The molecule has 1 aromatic carbocycles. The van der Waals surface area contributed by atoms with E-state index in [2.05, 4.69) is 11.0 Å². The van der Waals surface area contributed by atoms with Crippen molar-refractivity contribution < 1.29 is 9.53 Å². The molecule has 2 fully saturated rings. The predicted octanol–water partition coefficient (Wildman–Crippen LogP) is 3.05. The number of amides is 1. The number of carbonyl (C=O) groups excluding carboxylic acids is 1. The van der Waals surface area contributed by atoms with E-state index in [0.717, 1.165) is 57.1 Å². The van der Waals surface area contributed by atoms with Crippen LogP contribution in [0.25, 0.3) is 0 Å². The van der Waals surface area contributed by atoms with Crippen molar-refractivity contribution in [3.63, 3.8) is 0 Å². The second-order valence-electron chi connectivity index (χ2n) is 7.13. The van der Waals surface area contributed by atoms with Crippen molar-refractivity contribution in [3.8, 4) is 0 Å². The molecule has 5 heteroatoms. The van der Waals surface area contributed by atoms with Crippen LogP contribution in [-0.4, -0.2) is 55.6 Å². The highest BCUT2D eigenvalue weighted by molar-refractivity contribution is 6.30. The molecule has 2 aliphatic heterocycles. The lowest BCUT2D eigenvalue weighted by atomic mass is 9.95. The molecule has 2 saturated heterocycles. The molecule has 4 nitrogen and oxygen atoms in total. The van der Waals surface area contributed by atoms with Gasteiger partial charge in [0.2, 0.25) is 5.91 Å². The van der Waals surface area contributed by atoms with Gasteiger partial charge >= 0.3 is 0 Å². The first-order chi connectivity index (χ1) is 11.6. The summed E-state index contributed by atoms with van der Waals surface area (Å²) in [6, 6.07) is 8.11. The van der Waals surface area contributed by atoms with Gasteiger partial charge in [-0.3, -0.25) is 9.69 Å². The molecule has 0 spiro atoms. The summed E-state index contributed by atoms with van der Waals surface area (Å²) >= 11 is 6.06. The number of likely N-dealkylation sites (tertiary alicyclic amines) is 1. The van der Waals surface area contributed by atoms with Gasteiger partial charge in [0, 0.05) is 31.8 Å². The molecule has 0 N–H and O–H groups in total. The molecule has 1 aromatic rings. The standard InChI is InChI=1S/C19H27ClN2O2/c1-21(19(23)17-7-10-24-14-17)12-15-5-8-22(9-6-15)13-16-3-2-4-18(20)11-16/h2-4,11,15,17H,5-10,12-14H2,1H3. The quantitative estimate of drug-likeness (QED) is 0.818. The molecule has 1 unspecified atom stereocenters. The maximum atomic E-state index is 12.4. The first-order valence-corrected chi connectivity index (χ1v) is 9.29. The average Bonchev–Trinajstić information content (AvgIpc) is 3.10. The maximum Gasteiger partial charge on any atom is 0.227 e. The number of halogens is 1. The topological polar surface area (TPSA) is 32.8 Å². The van der Waals surface area contributed by atoms with E-state index in [0.29, 0.717) is 12.5 Å². The number of nitrogens with zero attached hydrogens (tertiary/aromatic N) is 2. The van der Waals surface area contributed by atoms with Gasteiger partial charge < -0.3 is 9.64 Å². The summed E-state index contributed by atoms with van der Waals surface area (Å²) in [6.45, 7) is 5.34. The van der Waals surface area contributed by atoms with Gasteiger partial charge in [0.25, 0.3) is 0 Å². The monoisotopic (exact) mass is 350 g/mol. The van der Waals surface area contributed by atoms with Crippen LogP contribution in [0.3, 0.4) is 0 Å². The number of benzene rings is 1. The van der Waals surface area contributed by atoms with Crippen molar-refractivity contribution in [3.05, 3.63) is 34.9 Å². The SMILES string of the molecule is CN(CC1CCN(Cc2cccc(Cl)c2)CC1)C(=O)C1CCOC1. The Hall–Kier alpha value is -1.10. The van der Waals surface area contributed by atoms with Crippen LogP contribution >= 0.6 is 11.6 Å². The molecule has 1 atom stereocenters. The van der Waals surface area contributed by atoms with Crippen molar-refractivity contribution in [2.24, 2.45) is 11.8 Å². The molecule has 0 aliphatic carbocycles. The third-order valence-corrected chi connectivity index (χ3v) is 5.42. The highest BCUT2D eigenvalue weighted by atomic mass is 35.5. The van der Waals surface area contributed by atoms with Gasteiger partial charge in [0.05, 0.1) is 12.5 Å². The largest absolute Gasteiger partial charge is 0.381 e. The zero-order valence-electron chi connectivity index (χ0n) is 14.4. The van der Waals surface area contributed by atoms with E-state index in [1.165, 1.54) is 5.56 Å². The molecular formula is C19H27ClN2O2. The lowest BCUT2D eigenvalue weighted by Crippen LogP contribution is -2.41. The highest BCUT2D eigenvalue weighted by Crippen LogP contribution is 2.22. The van der Waals surface area contributed by atoms with E-state index in [-0.39, 0.29) is 11.8 Å². The molecule has 3 rings (SSSR count). The number of hydrogen-bond acceptors (Lipinski definition) is 3. The van der Waals surface area contributed by atoms with Gasteiger partial charge in [-0.1, -0.05) is 23.7 Å². The van der Waals surface area contributed by atoms with Crippen LogP contribution in [0.5, 0.6) is 0 Å². The van der Waals surface area contributed by atoms with Crippen molar-refractivity contribution in [1.82, 2.24) is 9.80 Å². The third-order valence-electron chi connectivity index (χ3n) is 5.19. The van der Waals surface area contributed by atoms with Gasteiger partial charge in [0.1, 0.15) is 0 Å². The van der Waals surface area contributed by atoms with Crippen LogP contribution in [0.1, 0.15) is 24.8 Å². The number of ether oxygens (including phenoxy) is 1. The van der Waals surface area contributed by atoms with E-state index in [1.807, 2.05) is 30.1 Å². The molecule has 0 radical (unpaired) electrons. The Morgan fingerprint density at radius 3 is 2.79 bits per heavy atom.